The zero-order chi connectivity index (χ0) is 22.2. The van der Waals surface area contributed by atoms with E-state index in [1.54, 1.807) is 53.0 Å². The molecule has 8 heteroatoms. The minimum atomic E-state index is -0.870. The van der Waals surface area contributed by atoms with Crippen molar-refractivity contribution in [3.8, 4) is 11.8 Å². The Morgan fingerprint density at radius 3 is 2.63 bits per heavy atom. The zero-order valence-electron chi connectivity index (χ0n) is 17.4. The van der Waals surface area contributed by atoms with Crippen molar-refractivity contribution in [1.82, 2.24) is 4.98 Å². The second-order valence-corrected chi connectivity index (χ2v) is 8.18. The first-order valence-corrected chi connectivity index (χ1v) is 9.59. The molecule has 0 unspecified atom stereocenters. The fraction of sp³-hybridized carbons (Fsp3) is 0.318. The van der Waals surface area contributed by atoms with Gasteiger partial charge in [0.1, 0.15) is 33.9 Å². The number of carbonyl (C=O) groups excluding carboxylic acids is 1. The summed E-state index contributed by atoms with van der Waals surface area (Å²) in [6.45, 7) is 6.87. The number of fused-ring (bicyclic) bond motifs is 1. The molecule has 0 spiro atoms. The second kappa shape index (κ2) is 7.88. The first-order valence-electron chi connectivity index (χ1n) is 9.21. The van der Waals surface area contributed by atoms with Crippen LogP contribution in [0.2, 0.25) is 5.15 Å². The van der Waals surface area contributed by atoms with E-state index in [1.807, 2.05) is 12.1 Å². The number of rotatable bonds is 3. The average molecular weight is 428 g/mol. The second-order valence-electron chi connectivity index (χ2n) is 7.82. The minimum absolute atomic E-state index is 0.0676. The molecule has 1 aromatic heterocycles. The molecule has 0 radical (unpaired) electrons. The van der Waals surface area contributed by atoms with Gasteiger partial charge in [0, 0.05) is 17.0 Å². The SMILES string of the molecule is COc1ccc2cc([C@@H]3C(C#N)=C(N)OC(C)=C3C(=O)OC(C)(C)C)c(Cl)nc2c1. The van der Waals surface area contributed by atoms with Crippen molar-refractivity contribution in [3.05, 3.63) is 57.8 Å². The summed E-state index contributed by atoms with van der Waals surface area (Å²) < 4.78 is 16.3. The summed E-state index contributed by atoms with van der Waals surface area (Å²) >= 11 is 6.51. The van der Waals surface area contributed by atoms with Gasteiger partial charge in [0.15, 0.2) is 0 Å². The van der Waals surface area contributed by atoms with Crippen LogP contribution in [0.1, 0.15) is 39.2 Å². The van der Waals surface area contributed by atoms with Crippen molar-refractivity contribution < 1.29 is 19.0 Å². The number of esters is 1. The molecule has 156 valence electrons. The topological polar surface area (TPSA) is 107 Å². The molecule has 1 aliphatic heterocycles. The van der Waals surface area contributed by atoms with Crippen molar-refractivity contribution in [2.24, 2.45) is 5.73 Å². The van der Waals surface area contributed by atoms with Crippen LogP contribution in [-0.4, -0.2) is 23.7 Å². The summed E-state index contributed by atoms with van der Waals surface area (Å²) in [5, 5.41) is 10.7. The van der Waals surface area contributed by atoms with Gasteiger partial charge in [-0.05, 0) is 45.9 Å². The molecule has 2 aromatic rings. The Hall–Kier alpha value is -3.24. The molecule has 0 amide bonds. The first kappa shape index (κ1) is 21.5. The highest BCUT2D eigenvalue weighted by molar-refractivity contribution is 6.30. The van der Waals surface area contributed by atoms with Crippen LogP contribution in [0.15, 0.2) is 47.1 Å². The van der Waals surface area contributed by atoms with Gasteiger partial charge in [-0.15, -0.1) is 0 Å². The number of nitrogens with zero attached hydrogens (tertiary/aromatic N) is 2. The Morgan fingerprint density at radius 2 is 2.03 bits per heavy atom. The van der Waals surface area contributed by atoms with Crippen molar-refractivity contribution in [3.63, 3.8) is 0 Å². The third kappa shape index (κ3) is 4.05. The van der Waals surface area contributed by atoms with Gasteiger partial charge in [-0.1, -0.05) is 11.6 Å². The van der Waals surface area contributed by atoms with Gasteiger partial charge in [-0.25, -0.2) is 9.78 Å². The Balaban J connectivity index is 2.22. The third-order valence-corrected chi connectivity index (χ3v) is 4.84. The molecule has 1 atom stereocenters. The third-order valence-electron chi connectivity index (χ3n) is 4.54. The lowest BCUT2D eigenvalue weighted by Gasteiger charge is -2.29. The lowest BCUT2D eigenvalue weighted by atomic mass is 9.83. The van der Waals surface area contributed by atoms with Crippen LogP contribution in [0.5, 0.6) is 5.75 Å². The molecule has 0 aliphatic carbocycles. The van der Waals surface area contributed by atoms with E-state index in [1.165, 1.54) is 0 Å². The van der Waals surface area contributed by atoms with E-state index in [4.69, 9.17) is 31.5 Å². The fourth-order valence-corrected chi connectivity index (χ4v) is 3.51. The Labute approximate surface area is 179 Å². The molecule has 1 aliphatic rings. The van der Waals surface area contributed by atoms with Crippen molar-refractivity contribution in [1.29, 1.82) is 5.26 Å². The van der Waals surface area contributed by atoms with Crippen LogP contribution in [0.25, 0.3) is 10.9 Å². The fourth-order valence-electron chi connectivity index (χ4n) is 3.26. The highest BCUT2D eigenvalue weighted by Crippen LogP contribution is 2.43. The summed E-state index contributed by atoms with van der Waals surface area (Å²) in [5.41, 5.74) is 6.53. The van der Waals surface area contributed by atoms with Gasteiger partial charge in [0.05, 0.1) is 24.1 Å². The van der Waals surface area contributed by atoms with Crippen molar-refractivity contribution in [2.45, 2.75) is 39.2 Å². The maximum absolute atomic E-state index is 13.0. The van der Waals surface area contributed by atoms with Crippen LogP contribution in [0.4, 0.5) is 0 Å². The average Bonchev–Trinajstić information content (AvgIpc) is 2.64. The van der Waals surface area contributed by atoms with Crippen LogP contribution in [0.3, 0.4) is 0 Å². The molecular weight excluding hydrogens is 406 g/mol. The zero-order valence-corrected chi connectivity index (χ0v) is 18.1. The molecule has 2 N–H and O–H groups in total. The van der Waals surface area contributed by atoms with E-state index >= 15 is 0 Å². The summed E-state index contributed by atoms with van der Waals surface area (Å²) in [6, 6.07) is 9.19. The van der Waals surface area contributed by atoms with E-state index in [0.29, 0.717) is 16.8 Å². The number of halogens is 1. The van der Waals surface area contributed by atoms with Crippen LogP contribution >= 0.6 is 11.6 Å². The monoisotopic (exact) mass is 427 g/mol. The number of nitrogens with two attached hydrogens (primary N) is 1. The predicted octanol–water partition coefficient (Wildman–Crippen LogP) is 4.32. The van der Waals surface area contributed by atoms with E-state index in [0.717, 1.165) is 5.39 Å². The molecule has 0 saturated carbocycles. The summed E-state index contributed by atoms with van der Waals surface area (Å²) in [4.78, 5) is 17.5. The molecule has 0 fully saturated rings. The summed E-state index contributed by atoms with van der Waals surface area (Å²) in [5.74, 6) is -0.687. The van der Waals surface area contributed by atoms with Gasteiger partial charge in [-0.3, -0.25) is 0 Å². The standard InChI is InChI=1S/C22H22ClN3O4/c1-11-17(21(27)30-22(2,3)4)18(15(10-24)20(25)29-11)14-8-12-6-7-13(28-5)9-16(12)26-19(14)23/h6-9,18H,25H2,1-5H3/t18-/m1/s1. The molecule has 2 heterocycles. The Bertz CT molecular complexity index is 1140. The van der Waals surface area contributed by atoms with Crippen LogP contribution in [-0.2, 0) is 14.3 Å². The van der Waals surface area contributed by atoms with Crippen LogP contribution < -0.4 is 10.5 Å². The maximum atomic E-state index is 13.0. The Morgan fingerprint density at radius 1 is 1.33 bits per heavy atom. The van der Waals surface area contributed by atoms with Gasteiger partial charge >= 0.3 is 5.97 Å². The normalized spacial score (nSPS) is 16.9. The number of methoxy groups -OCH3 is 1. The molecular formula is C22H22ClN3O4. The van der Waals surface area contributed by atoms with E-state index < -0.39 is 17.5 Å². The van der Waals surface area contributed by atoms with Gasteiger partial charge in [0.2, 0.25) is 5.88 Å². The molecule has 1 aromatic carbocycles. The number of nitriles is 1. The van der Waals surface area contributed by atoms with Gasteiger partial charge in [0.25, 0.3) is 0 Å². The largest absolute Gasteiger partial charge is 0.497 e. The molecule has 30 heavy (non-hydrogen) atoms. The molecule has 0 saturated heterocycles. The van der Waals surface area contributed by atoms with Gasteiger partial charge in [-0.2, -0.15) is 5.26 Å². The van der Waals surface area contributed by atoms with Crippen LogP contribution in [0, 0.1) is 11.3 Å². The highest BCUT2D eigenvalue weighted by Gasteiger charge is 2.39. The van der Waals surface area contributed by atoms with E-state index in [-0.39, 0.29) is 27.9 Å². The number of hydrogen-bond acceptors (Lipinski definition) is 7. The summed E-state index contributed by atoms with van der Waals surface area (Å²) in [6.07, 6.45) is 0. The first-order chi connectivity index (χ1) is 14.1. The summed E-state index contributed by atoms with van der Waals surface area (Å²) in [7, 11) is 1.56. The van der Waals surface area contributed by atoms with E-state index in [2.05, 4.69) is 4.98 Å². The smallest absolute Gasteiger partial charge is 0.338 e. The number of allylic oxidation sites excluding steroid dienone is 2. The number of hydrogen-bond donors (Lipinski definition) is 1. The number of benzene rings is 1. The predicted molar refractivity (Wildman–Crippen MR) is 113 cm³/mol. The minimum Gasteiger partial charge on any atom is -0.497 e. The number of pyridine rings is 1. The number of aromatic nitrogens is 1. The molecule has 3 rings (SSSR count). The lowest BCUT2D eigenvalue weighted by molar-refractivity contribution is -0.150. The molecule has 0 bridgehead atoms. The Kier molecular flexibility index (Phi) is 5.64. The lowest BCUT2D eigenvalue weighted by Crippen LogP contribution is -2.30. The highest BCUT2D eigenvalue weighted by atomic mass is 35.5. The van der Waals surface area contributed by atoms with Crippen molar-refractivity contribution in [2.75, 3.05) is 7.11 Å². The van der Waals surface area contributed by atoms with Gasteiger partial charge < -0.3 is 19.9 Å². The van der Waals surface area contributed by atoms with Crippen molar-refractivity contribution >= 4 is 28.5 Å². The number of carbonyl (C=O) groups is 1. The van der Waals surface area contributed by atoms with E-state index in [9.17, 15) is 10.1 Å². The molecule has 7 nitrogen and oxygen atoms in total. The number of ether oxygens (including phenoxy) is 3. The maximum Gasteiger partial charge on any atom is 0.338 e. The quantitative estimate of drug-likeness (QED) is 0.574.